The quantitative estimate of drug-likeness (QED) is 0.768. The first-order chi connectivity index (χ1) is 11.6. The van der Waals surface area contributed by atoms with E-state index in [0.29, 0.717) is 0 Å². The van der Waals surface area contributed by atoms with Crippen molar-refractivity contribution >= 4 is 44.3 Å². The summed E-state index contributed by atoms with van der Waals surface area (Å²) in [7, 11) is 2.96. The highest BCUT2D eigenvalue weighted by Gasteiger charge is 2.18. The predicted molar refractivity (Wildman–Crippen MR) is 99.5 cm³/mol. The van der Waals surface area contributed by atoms with E-state index in [9.17, 15) is 4.21 Å². The van der Waals surface area contributed by atoms with Crippen molar-refractivity contribution < 1.29 is 4.21 Å². The summed E-state index contributed by atoms with van der Waals surface area (Å²) in [4.78, 5) is 12.5. The van der Waals surface area contributed by atoms with Crippen LogP contribution in [0.15, 0.2) is 30.6 Å². The van der Waals surface area contributed by atoms with Crippen LogP contribution in [0, 0.1) is 0 Å². The number of aromatic nitrogens is 4. The Morgan fingerprint density at radius 3 is 3.04 bits per heavy atom. The van der Waals surface area contributed by atoms with E-state index >= 15 is 0 Å². The van der Waals surface area contributed by atoms with Crippen LogP contribution in [0.4, 0.5) is 5.82 Å². The fraction of sp³-hybridized carbons (Fsp3) is 0.294. The minimum Gasteiger partial charge on any atom is -0.371 e. The van der Waals surface area contributed by atoms with Crippen LogP contribution in [0.5, 0.6) is 0 Å². The minimum atomic E-state index is -0.870. The van der Waals surface area contributed by atoms with Crippen LogP contribution in [0.1, 0.15) is 12.1 Å². The standard InChI is InChI=1S/C17H19N5OS/c1-18-17-14-15(22(2)9-19-14)12-8-13(20-16(12)21-17)10-5-4-6-11(7-10)24(3)23/h4-5,7-9,11H,6H2,1-3H3,(H2,18,20,21). The second-order valence-corrected chi connectivity index (χ2v) is 7.61. The zero-order chi connectivity index (χ0) is 16.8. The highest BCUT2D eigenvalue weighted by Crippen LogP contribution is 2.31. The van der Waals surface area contributed by atoms with Gasteiger partial charge < -0.3 is 14.9 Å². The normalized spacial score (nSPS) is 19.0. The predicted octanol–water partition coefficient (Wildman–Crippen LogP) is 2.58. The van der Waals surface area contributed by atoms with Crippen molar-refractivity contribution in [3.63, 3.8) is 0 Å². The lowest BCUT2D eigenvalue weighted by Crippen LogP contribution is -2.12. The van der Waals surface area contributed by atoms with E-state index in [2.05, 4.69) is 44.6 Å². The molecule has 3 aromatic heterocycles. The van der Waals surface area contributed by atoms with Gasteiger partial charge in [0.1, 0.15) is 11.2 Å². The first-order valence-electron chi connectivity index (χ1n) is 7.81. The molecule has 124 valence electrons. The van der Waals surface area contributed by atoms with Gasteiger partial charge in [-0.15, -0.1) is 0 Å². The molecule has 1 aliphatic rings. The number of nitrogens with one attached hydrogen (secondary N) is 2. The first-order valence-corrected chi connectivity index (χ1v) is 9.43. The number of allylic oxidation sites excluding steroid dienone is 3. The zero-order valence-corrected chi connectivity index (χ0v) is 14.6. The van der Waals surface area contributed by atoms with E-state index in [4.69, 9.17) is 0 Å². The SMILES string of the molecule is CNc1nc2[nH]c(C3=CC(S(C)=O)CC=C3)cc2c2c1ncn2C. The highest BCUT2D eigenvalue weighted by atomic mass is 32.2. The van der Waals surface area contributed by atoms with Crippen molar-refractivity contribution in [2.24, 2.45) is 7.05 Å². The third kappa shape index (κ3) is 2.27. The topological polar surface area (TPSA) is 75.6 Å². The zero-order valence-electron chi connectivity index (χ0n) is 13.8. The van der Waals surface area contributed by atoms with E-state index < -0.39 is 10.8 Å². The van der Waals surface area contributed by atoms with Gasteiger partial charge in [0.05, 0.1) is 17.1 Å². The summed E-state index contributed by atoms with van der Waals surface area (Å²) >= 11 is 0. The van der Waals surface area contributed by atoms with Gasteiger partial charge in [0.25, 0.3) is 0 Å². The van der Waals surface area contributed by atoms with Gasteiger partial charge in [-0.3, -0.25) is 4.21 Å². The maximum absolute atomic E-state index is 11.8. The van der Waals surface area contributed by atoms with E-state index in [1.807, 2.05) is 18.7 Å². The fourth-order valence-electron chi connectivity index (χ4n) is 3.19. The average molecular weight is 341 g/mol. The Hall–Kier alpha value is -2.41. The first kappa shape index (κ1) is 15.1. The summed E-state index contributed by atoms with van der Waals surface area (Å²) in [5.74, 6) is 0.757. The minimum absolute atomic E-state index is 0.0639. The van der Waals surface area contributed by atoms with Crippen molar-refractivity contribution in [3.05, 3.63) is 36.3 Å². The maximum atomic E-state index is 11.8. The largest absolute Gasteiger partial charge is 0.371 e. The number of fused-ring (bicyclic) bond motifs is 3. The second kappa shape index (κ2) is 5.59. The van der Waals surface area contributed by atoms with Crippen LogP contribution < -0.4 is 5.32 Å². The molecule has 2 atom stereocenters. The molecule has 24 heavy (non-hydrogen) atoms. The average Bonchev–Trinajstić information content (AvgIpc) is 3.17. The molecular formula is C17H19N5OS. The third-order valence-corrected chi connectivity index (χ3v) is 5.62. The Labute approximate surface area is 142 Å². The van der Waals surface area contributed by atoms with Crippen LogP contribution in [-0.4, -0.2) is 42.3 Å². The maximum Gasteiger partial charge on any atom is 0.156 e. The number of aromatic amines is 1. The number of anilines is 1. The van der Waals surface area contributed by atoms with Gasteiger partial charge in [-0.1, -0.05) is 18.2 Å². The van der Waals surface area contributed by atoms with Crippen LogP contribution in [0.2, 0.25) is 0 Å². The number of nitrogens with zero attached hydrogens (tertiary/aromatic N) is 3. The van der Waals surface area contributed by atoms with E-state index in [1.165, 1.54) is 0 Å². The van der Waals surface area contributed by atoms with Crippen molar-refractivity contribution in [1.82, 2.24) is 19.5 Å². The molecule has 0 saturated carbocycles. The summed E-state index contributed by atoms with van der Waals surface area (Å²) in [6, 6.07) is 2.10. The van der Waals surface area contributed by atoms with Gasteiger partial charge in [0, 0.05) is 42.2 Å². The van der Waals surface area contributed by atoms with Gasteiger partial charge in [-0.2, -0.15) is 0 Å². The Morgan fingerprint density at radius 1 is 1.46 bits per heavy atom. The Balaban J connectivity index is 1.93. The molecule has 4 rings (SSSR count). The monoisotopic (exact) mass is 341 g/mol. The smallest absolute Gasteiger partial charge is 0.156 e. The van der Waals surface area contributed by atoms with Crippen molar-refractivity contribution in [2.45, 2.75) is 11.7 Å². The molecule has 0 aromatic carbocycles. The molecule has 0 radical (unpaired) electrons. The van der Waals surface area contributed by atoms with Gasteiger partial charge in [-0.25, -0.2) is 9.97 Å². The van der Waals surface area contributed by atoms with E-state index in [-0.39, 0.29) is 5.25 Å². The summed E-state index contributed by atoms with van der Waals surface area (Å²) < 4.78 is 13.8. The molecule has 1 aliphatic carbocycles. The van der Waals surface area contributed by atoms with Crippen LogP contribution in [0.3, 0.4) is 0 Å². The molecule has 6 nitrogen and oxygen atoms in total. The van der Waals surface area contributed by atoms with Gasteiger partial charge in [-0.05, 0) is 18.1 Å². The summed E-state index contributed by atoms with van der Waals surface area (Å²) in [5, 5.41) is 4.21. The molecule has 2 unspecified atom stereocenters. The number of hydrogen-bond donors (Lipinski definition) is 2. The molecule has 7 heteroatoms. The fourth-order valence-corrected chi connectivity index (χ4v) is 3.91. The molecule has 2 N–H and O–H groups in total. The molecular weight excluding hydrogens is 322 g/mol. The van der Waals surface area contributed by atoms with Crippen molar-refractivity contribution in [1.29, 1.82) is 0 Å². The van der Waals surface area contributed by atoms with E-state index in [1.54, 1.807) is 12.6 Å². The molecule has 0 spiro atoms. The lowest BCUT2D eigenvalue weighted by Gasteiger charge is -2.13. The van der Waals surface area contributed by atoms with Gasteiger partial charge >= 0.3 is 0 Å². The summed E-state index contributed by atoms with van der Waals surface area (Å²) in [5.41, 5.74) is 4.77. The number of H-pyrrole nitrogens is 1. The van der Waals surface area contributed by atoms with Crippen LogP contribution >= 0.6 is 0 Å². The Morgan fingerprint density at radius 2 is 2.29 bits per heavy atom. The molecule has 0 saturated heterocycles. The Kier molecular flexibility index (Phi) is 3.53. The van der Waals surface area contributed by atoms with Gasteiger partial charge in [0.15, 0.2) is 5.82 Å². The van der Waals surface area contributed by atoms with Crippen LogP contribution in [-0.2, 0) is 17.8 Å². The lowest BCUT2D eigenvalue weighted by atomic mass is 10.0. The number of imidazole rings is 1. The number of pyridine rings is 1. The second-order valence-electron chi connectivity index (χ2n) is 6.01. The lowest BCUT2D eigenvalue weighted by molar-refractivity contribution is 0.681. The third-order valence-electron chi connectivity index (χ3n) is 4.44. The molecule has 0 fully saturated rings. The summed E-state index contributed by atoms with van der Waals surface area (Å²) in [6.45, 7) is 0. The highest BCUT2D eigenvalue weighted by molar-refractivity contribution is 7.85. The number of rotatable bonds is 3. The Bertz CT molecular complexity index is 1030. The number of hydrogen-bond acceptors (Lipinski definition) is 4. The van der Waals surface area contributed by atoms with Crippen molar-refractivity contribution in [3.8, 4) is 0 Å². The number of aryl methyl sites for hydroxylation is 1. The molecule has 3 heterocycles. The molecule has 0 bridgehead atoms. The van der Waals surface area contributed by atoms with E-state index in [0.717, 1.165) is 45.6 Å². The van der Waals surface area contributed by atoms with Crippen LogP contribution in [0.25, 0.3) is 27.6 Å². The molecule has 3 aromatic rings. The summed E-state index contributed by atoms with van der Waals surface area (Å²) in [6.07, 6.45) is 10.6. The van der Waals surface area contributed by atoms with Crippen molar-refractivity contribution in [2.75, 3.05) is 18.6 Å². The molecule has 0 amide bonds. The molecule has 0 aliphatic heterocycles. The van der Waals surface area contributed by atoms with Gasteiger partial charge in [0.2, 0.25) is 0 Å².